The second kappa shape index (κ2) is 18.6. The Balaban J connectivity index is 0.000000347. The molecule has 1 aromatic carbocycles. The maximum Gasteiger partial charge on any atom is 0.241 e. The van der Waals surface area contributed by atoms with E-state index in [4.69, 9.17) is 0 Å². The molecule has 0 aliphatic carbocycles. The molecule has 12 heteroatoms. The van der Waals surface area contributed by atoms with Crippen molar-refractivity contribution < 1.29 is 18.0 Å². The van der Waals surface area contributed by atoms with Gasteiger partial charge in [-0.15, -0.1) is 11.3 Å². The first-order chi connectivity index (χ1) is 23.0. The standard InChI is InChI=1S/C24H30N4S.C10H15NO3S.C3H7NO/c1-17(14-24(2,3)4)15-28(6)22-13-19(10-11-26-22)18-8-7-9-20(12-18)21-16-29-23(25-5)27-21;1-7(2)15(13,14)11-5-10(6-12)8(3)9(11)4;1-4-2-3-5/h7-13,16H,1,14-15H2,2-6H3,(H,25,27);5-7H,1-4H3;3-4H,2H2,1H3. The Kier molecular flexibility index (Phi) is 15.6. The summed E-state index contributed by atoms with van der Waals surface area (Å²) in [5, 5.41) is 8.26. The summed E-state index contributed by atoms with van der Waals surface area (Å²) in [4.78, 5) is 31.4. The van der Waals surface area contributed by atoms with E-state index in [1.165, 1.54) is 15.7 Å². The SMILES string of the molecule is C=C(CN(C)c1cc(-c2cccc(-c3csc(NC)n3)c2)ccn1)CC(C)(C)C.CNCC=O.Cc1c(C=O)cn(S(=O)(=O)C(C)C)c1C. The Hall–Kier alpha value is -4.13. The zero-order valence-corrected chi connectivity index (χ0v) is 32.1. The van der Waals surface area contributed by atoms with Crippen LogP contribution in [0.4, 0.5) is 10.9 Å². The number of pyridine rings is 1. The summed E-state index contributed by atoms with van der Waals surface area (Å²) in [6.45, 7) is 18.9. The molecule has 3 heterocycles. The number of carbonyl (C=O) groups is 2. The van der Waals surface area contributed by atoms with E-state index in [2.05, 4.69) is 102 Å². The van der Waals surface area contributed by atoms with Gasteiger partial charge in [0.1, 0.15) is 12.1 Å². The summed E-state index contributed by atoms with van der Waals surface area (Å²) in [7, 11) is 2.34. The molecule has 4 rings (SSSR count). The van der Waals surface area contributed by atoms with Gasteiger partial charge >= 0.3 is 0 Å². The molecule has 3 aromatic heterocycles. The summed E-state index contributed by atoms with van der Waals surface area (Å²) in [5.41, 5.74) is 7.63. The fourth-order valence-electron chi connectivity index (χ4n) is 4.80. The lowest BCUT2D eigenvalue weighted by atomic mass is 9.88. The van der Waals surface area contributed by atoms with Gasteiger partial charge in [0.15, 0.2) is 11.4 Å². The van der Waals surface area contributed by atoms with Crippen LogP contribution in [-0.2, 0) is 14.8 Å². The number of likely N-dealkylation sites (N-methyl/N-ethyl adjacent to an activating group) is 2. The second-order valence-corrected chi connectivity index (χ2v) is 16.4. The lowest BCUT2D eigenvalue weighted by Gasteiger charge is -2.24. The number of hydrogen-bond donors (Lipinski definition) is 2. The molecule has 0 saturated heterocycles. The summed E-state index contributed by atoms with van der Waals surface area (Å²) < 4.78 is 25.0. The second-order valence-electron chi connectivity index (χ2n) is 13.1. The van der Waals surface area contributed by atoms with Crippen molar-refractivity contribution in [1.82, 2.24) is 19.3 Å². The maximum atomic E-state index is 11.9. The van der Waals surface area contributed by atoms with Gasteiger partial charge in [-0.05, 0) is 81.5 Å². The van der Waals surface area contributed by atoms with Crippen LogP contribution in [0.3, 0.4) is 0 Å². The average molecular weight is 709 g/mol. The topological polar surface area (TPSA) is 126 Å². The fraction of sp³-hybridized carbons (Fsp3) is 0.405. The molecule has 0 bridgehead atoms. The van der Waals surface area contributed by atoms with Crippen LogP contribution in [0.5, 0.6) is 0 Å². The molecule has 4 aromatic rings. The molecule has 0 unspecified atom stereocenters. The van der Waals surface area contributed by atoms with E-state index in [0.29, 0.717) is 29.7 Å². The Morgan fingerprint density at radius 3 is 2.24 bits per heavy atom. The van der Waals surface area contributed by atoms with Crippen molar-refractivity contribution in [1.29, 1.82) is 0 Å². The predicted molar refractivity (Wildman–Crippen MR) is 206 cm³/mol. The Labute approximate surface area is 296 Å². The van der Waals surface area contributed by atoms with Crippen LogP contribution in [-0.4, -0.2) is 74.4 Å². The lowest BCUT2D eigenvalue weighted by molar-refractivity contribution is -0.107. The first kappa shape index (κ1) is 41.0. The summed E-state index contributed by atoms with van der Waals surface area (Å²) in [5.74, 6) is 0.953. The first-order valence-corrected chi connectivity index (χ1v) is 18.4. The number of benzene rings is 1. The van der Waals surface area contributed by atoms with Crippen molar-refractivity contribution in [2.24, 2.45) is 5.41 Å². The number of carbonyl (C=O) groups excluding carboxylic acids is 2. The third kappa shape index (κ3) is 12.1. The van der Waals surface area contributed by atoms with E-state index in [9.17, 15) is 18.0 Å². The molecular formula is C37H52N6O4S2. The van der Waals surface area contributed by atoms with Crippen molar-refractivity contribution in [3.63, 3.8) is 0 Å². The average Bonchev–Trinajstić information content (AvgIpc) is 3.65. The van der Waals surface area contributed by atoms with E-state index < -0.39 is 15.3 Å². The van der Waals surface area contributed by atoms with Crippen LogP contribution in [0.15, 0.2) is 66.3 Å². The van der Waals surface area contributed by atoms with E-state index in [-0.39, 0.29) is 5.41 Å². The minimum Gasteiger partial charge on any atom is -0.365 e. The molecule has 0 aliphatic rings. The van der Waals surface area contributed by atoms with Crippen molar-refractivity contribution in [3.05, 3.63) is 83.1 Å². The number of hydrogen-bond acceptors (Lipinski definition) is 10. The highest BCUT2D eigenvalue weighted by Crippen LogP contribution is 2.30. The van der Waals surface area contributed by atoms with Gasteiger partial charge in [-0.3, -0.25) is 4.79 Å². The molecule has 49 heavy (non-hydrogen) atoms. The smallest absolute Gasteiger partial charge is 0.241 e. The van der Waals surface area contributed by atoms with Gasteiger partial charge in [-0.2, -0.15) is 0 Å². The molecule has 10 nitrogen and oxygen atoms in total. The van der Waals surface area contributed by atoms with E-state index in [1.807, 2.05) is 13.2 Å². The quantitative estimate of drug-likeness (QED) is 0.116. The van der Waals surface area contributed by atoms with E-state index in [0.717, 1.165) is 52.6 Å². The Morgan fingerprint density at radius 2 is 1.73 bits per heavy atom. The molecule has 0 fully saturated rings. The Morgan fingerprint density at radius 1 is 1.08 bits per heavy atom. The van der Waals surface area contributed by atoms with Crippen molar-refractivity contribution in [3.8, 4) is 22.4 Å². The highest BCUT2D eigenvalue weighted by atomic mass is 32.2. The lowest BCUT2D eigenvalue weighted by Crippen LogP contribution is -2.22. The van der Waals surface area contributed by atoms with Crippen molar-refractivity contribution in [2.75, 3.05) is 44.4 Å². The van der Waals surface area contributed by atoms with Crippen LogP contribution >= 0.6 is 11.3 Å². The van der Waals surface area contributed by atoms with Gasteiger partial charge in [-0.25, -0.2) is 22.4 Å². The molecule has 0 spiro atoms. The van der Waals surface area contributed by atoms with Crippen LogP contribution in [0.25, 0.3) is 22.4 Å². The normalized spacial score (nSPS) is 11.2. The van der Waals surface area contributed by atoms with Crippen LogP contribution in [0, 0.1) is 19.3 Å². The number of anilines is 2. The predicted octanol–water partition coefficient (Wildman–Crippen LogP) is 7.25. The van der Waals surface area contributed by atoms with Gasteiger partial charge < -0.3 is 20.3 Å². The number of nitrogens with zero attached hydrogens (tertiary/aromatic N) is 4. The molecule has 0 atom stereocenters. The largest absolute Gasteiger partial charge is 0.365 e. The van der Waals surface area contributed by atoms with Crippen molar-refractivity contribution >= 4 is 44.9 Å². The molecule has 0 radical (unpaired) electrons. The van der Waals surface area contributed by atoms with Crippen LogP contribution in [0.1, 0.15) is 62.7 Å². The van der Waals surface area contributed by atoms with Gasteiger partial charge in [0, 0.05) is 55.2 Å². The first-order valence-electron chi connectivity index (χ1n) is 16.0. The van der Waals surface area contributed by atoms with Crippen LogP contribution < -0.4 is 15.5 Å². The third-order valence-corrected chi connectivity index (χ3v) is 10.4. The van der Waals surface area contributed by atoms with Crippen molar-refractivity contribution in [2.45, 2.75) is 60.1 Å². The number of aromatic nitrogens is 3. The minimum atomic E-state index is -3.36. The van der Waals surface area contributed by atoms with Gasteiger partial charge in [0.25, 0.3) is 0 Å². The van der Waals surface area contributed by atoms with Gasteiger partial charge in [0.05, 0.1) is 17.5 Å². The number of rotatable bonds is 12. The molecule has 0 saturated carbocycles. The minimum absolute atomic E-state index is 0.247. The van der Waals surface area contributed by atoms with E-state index >= 15 is 0 Å². The van der Waals surface area contributed by atoms with Gasteiger partial charge in [0.2, 0.25) is 10.0 Å². The molecule has 0 aliphatic heterocycles. The molecular weight excluding hydrogens is 657 g/mol. The van der Waals surface area contributed by atoms with Gasteiger partial charge in [-0.1, -0.05) is 51.1 Å². The highest BCUT2D eigenvalue weighted by molar-refractivity contribution is 7.90. The number of nitrogens with one attached hydrogen (secondary N) is 2. The highest BCUT2D eigenvalue weighted by Gasteiger charge is 2.22. The Bertz CT molecular complexity index is 1800. The molecule has 266 valence electrons. The summed E-state index contributed by atoms with van der Waals surface area (Å²) in [6, 6.07) is 12.7. The zero-order valence-electron chi connectivity index (χ0n) is 30.5. The summed E-state index contributed by atoms with van der Waals surface area (Å²) in [6.07, 6.45) is 5.76. The molecule has 0 amide bonds. The fourth-order valence-corrected chi connectivity index (χ4v) is 6.71. The molecule has 2 N–H and O–H groups in total. The third-order valence-electron chi connectivity index (χ3n) is 7.43. The van der Waals surface area contributed by atoms with E-state index in [1.54, 1.807) is 46.1 Å². The monoisotopic (exact) mass is 708 g/mol. The van der Waals surface area contributed by atoms with Crippen LogP contribution in [0.2, 0.25) is 0 Å². The summed E-state index contributed by atoms with van der Waals surface area (Å²) >= 11 is 1.61. The zero-order chi connectivity index (χ0) is 36.9. The number of thiazole rings is 1. The number of aldehydes is 2. The maximum absolute atomic E-state index is 11.9.